The molecule has 1 aromatic heterocycles. The van der Waals surface area contributed by atoms with E-state index < -0.39 is 0 Å². The van der Waals surface area contributed by atoms with Crippen LogP contribution in [0.3, 0.4) is 0 Å². The van der Waals surface area contributed by atoms with Crippen molar-refractivity contribution in [2.75, 3.05) is 12.3 Å². The third-order valence-electron chi connectivity index (χ3n) is 2.95. The van der Waals surface area contributed by atoms with Crippen LogP contribution in [0.2, 0.25) is 0 Å². The van der Waals surface area contributed by atoms with Crippen molar-refractivity contribution in [1.82, 2.24) is 15.5 Å². The number of H-pyrrole nitrogens is 1. The average Bonchev–Trinajstić information content (AvgIpc) is 2.62. The quantitative estimate of drug-likeness (QED) is 0.706. The molecule has 0 aromatic carbocycles. The summed E-state index contributed by atoms with van der Waals surface area (Å²) >= 11 is 0. The summed E-state index contributed by atoms with van der Waals surface area (Å²) in [6.07, 6.45) is 3.07. The molecule has 2 heterocycles. The normalized spacial score (nSPS) is 23.3. The molecule has 4 N–H and O–H groups in total. The molecule has 6 heteroatoms. The molecule has 94 valence electrons. The van der Waals surface area contributed by atoms with Gasteiger partial charge in [-0.15, -0.1) is 0 Å². The Kier molecular flexibility index (Phi) is 3.06. The first kappa shape index (κ1) is 11.9. The van der Waals surface area contributed by atoms with Gasteiger partial charge in [0.25, 0.3) is 5.91 Å². The van der Waals surface area contributed by atoms with E-state index in [1.807, 2.05) is 13.8 Å². The number of rotatable bonds is 2. The zero-order valence-corrected chi connectivity index (χ0v) is 10.1. The Morgan fingerprint density at radius 2 is 2.47 bits per heavy atom. The minimum Gasteiger partial charge on any atom is -0.383 e. The minimum atomic E-state index is -0.182. The monoisotopic (exact) mass is 238 g/mol. The van der Waals surface area contributed by atoms with Gasteiger partial charge in [0.1, 0.15) is 11.4 Å². The number of nitrogen functional groups attached to an aromatic ring is 1. The topological polar surface area (TPSA) is 93.0 Å². The van der Waals surface area contributed by atoms with Gasteiger partial charge in [-0.2, -0.15) is 5.10 Å². The lowest BCUT2D eigenvalue weighted by atomic mass is 9.94. The van der Waals surface area contributed by atoms with Crippen LogP contribution in [0.25, 0.3) is 0 Å². The van der Waals surface area contributed by atoms with E-state index in [1.54, 1.807) is 0 Å². The molecule has 1 unspecified atom stereocenters. The smallest absolute Gasteiger partial charge is 0.256 e. The number of hydrogen-bond donors (Lipinski definition) is 3. The number of nitrogens with two attached hydrogens (primary N) is 1. The number of ether oxygens (including phenoxy) is 1. The number of nitrogens with zero attached hydrogens (tertiary/aromatic N) is 1. The lowest BCUT2D eigenvalue weighted by molar-refractivity contribution is -0.0615. The van der Waals surface area contributed by atoms with Gasteiger partial charge in [0, 0.05) is 12.6 Å². The first-order valence-electron chi connectivity index (χ1n) is 5.71. The molecule has 0 aliphatic carbocycles. The summed E-state index contributed by atoms with van der Waals surface area (Å²) in [7, 11) is 0. The largest absolute Gasteiger partial charge is 0.383 e. The maximum atomic E-state index is 11.9. The third kappa shape index (κ3) is 2.76. The van der Waals surface area contributed by atoms with Crippen molar-refractivity contribution >= 4 is 11.7 Å². The predicted molar refractivity (Wildman–Crippen MR) is 63.5 cm³/mol. The number of anilines is 1. The lowest BCUT2D eigenvalue weighted by Gasteiger charge is -2.35. The van der Waals surface area contributed by atoms with Crippen molar-refractivity contribution in [3.63, 3.8) is 0 Å². The standard InChI is InChI=1S/C11H18N4O2/c1-11(2)5-7(3-4-17-11)14-10(16)8-6-13-15-9(8)12/h6-7H,3-5H2,1-2H3,(H,14,16)(H3,12,13,15). The van der Waals surface area contributed by atoms with Gasteiger partial charge in [-0.25, -0.2) is 0 Å². The molecule has 1 atom stereocenters. The van der Waals surface area contributed by atoms with Crippen molar-refractivity contribution < 1.29 is 9.53 Å². The molecule has 1 aliphatic rings. The fourth-order valence-electron chi connectivity index (χ4n) is 2.10. The van der Waals surface area contributed by atoms with Gasteiger partial charge in [0.15, 0.2) is 0 Å². The number of aromatic amines is 1. The van der Waals surface area contributed by atoms with Crippen molar-refractivity contribution in [1.29, 1.82) is 0 Å². The summed E-state index contributed by atoms with van der Waals surface area (Å²) in [5, 5.41) is 9.23. The van der Waals surface area contributed by atoms with Crippen LogP contribution >= 0.6 is 0 Å². The average molecular weight is 238 g/mol. The maximum absolute atomic E-state index is 11.9. The second-order valence-corrected chi connectivity index (χ2v) is 4.97. The number of amides is 1. The molecule has 0 radical (unpaired) electrons. The van der Waals surface area contributed by atoms with Crippen LogP contribution in [0, 0.1) is 0 Å². The molecule has 1 fully saturated rings. The Morgan fingerprint density at radius 1 is 1.71 bits per heavy atom. The number of hydrogen-bond acceptors (Lipinski definition) is 4. The molecular weight excluding hydrogens is 220 g/mol. The molecule has 1 saturated heterocycles. The van der Waals surface area contributed by atoms with E-state index >= 15 is 0 Å². The van der Waals surface area contributed by atoms with Gasteiger partial charge < -0.3 is 15.8 Å². The molecule has 6 nitrogen and oxygen atoms in total. The molecule has 1 aliphatic heterocycles. The first-order chi connectivity index (χ1) is 7.98. The van der Waals surface area contributed by atoms with Crippen molar-refractivity contribution in [3.05, 3.63) is 11.8 Å². The van der Waals surface area contributed by atoms with E-state index in [9.17, 15) is 4.79 Å². The van der Waals surface area contributed by atoms with Crippen molar-refractivity contribution in [2.24, 2.45) is 0 Å². The van der Waals surface area contributed by atoms with Crippen LogP contribution in [-0.2, 0) is 4.74 Å². The molecule has 0 bridgehead atoms. The van der Waals surface area contributed by atoms with Crippen LogP contribution in [-0.4, -0.2) is 34.4 Å². The molecule has 17 heavy (non-hydrogen) atoms. The lowest BCUT2D eigenvalue weighted by Crippen LogP contribution is -2.45. The number of aromatic nitrogens is 2. The summed E-state index contributed by atoms with van der Waals surface area (Å²) in [5.74, 6) is 0.118. The predicted octanol–water partition coefficient (Wildman–Crippen LogP) is 0.679. The van der Waals surface area contributed by atoms with E-state index in [1.165, 1.54) is 6.20 Å². The van der Waals surface area contributed by atoms with Crippen LogP contribution in [0.4, 0.5) is 5.82 Å². The van der Waals surface area contributed by atoms with Gasteiger partial charge in [-0.1, -0.05) is 0 Å². The van der Waals surface area contributed by atoms with Crippen LogP contribution < -0.4 is 11.1 Å². The number of carbonyl (C=O) groups excluding carboxylic acids is 1. The van der Waals surface area contributed by atoms with Crippen molar-refractivity contribution in [2.45, 2.75) is 38.3 Å². The van der Waals surface area contributed by atoms with E-state index in [-0.39, 0.29) is 17.6 Å². The highest BCUT2D eigenvalue weighted by Crippen LogP contribution is 2.24. The maximum Gasteiger partial charge on any atom is 0.256 e. The SMILES string of the molecule is CC1(C)CC(NC(=O)c2cn[nH]c2N)CCO1. The summed E-state index contributed by atoms with van der Waals surface area (Å²) in [4.78, 5) is 11.9. The molecule has 0 saturated carbocycles. The zero-order chi connectivity index (χ0) is 12.5. The van der Waals surface area contributed by atoms with E-state index in [0.717, 1.165) is 12.8 Å². The number of carbonyl (C=O) groups is 1. The summed E-state index contributed by atoms with van der Waals surface area (Å²) < 4.78 is 5.60. The van der Waals surface area contributed by atoms with Crippen molar-refractivity contribution in [3.8, 4) is 0 Å². The highest BCUT2D eigenvalue weighted by Gasteiger charge is 2.30. The van der Waals surface area contributed by atoms with Gasteiger partial charge in [-0.3, -0.25) is 9.89 Å². The Morgan fingerprint density at radius 3 is 3.06 bits per heavy atom. The zero-order valence-electron chi connectivity index (χ0n) is 10.1. The van der Waals surface area contributed by atoms with Crippen LogP contribution in [0.1, 0.15) is 37.0 Å². The van der Waals surface area contributed by atoms with Gasteiger partial charge >= 0.3 is 0 Å². The van der Waals surface area contributed by atoms with Gasteiger partial charge in [0.2, 0.25) is 0 Å². The molecular formula is C11H18N4O2. The van der Waals surface area contributed by atoms with Gasteiger partial charge in [-0.05, 0) is 26.7 Å². The third-order valence-corrected chi connectivity index (χ3v) is 2.95. The van der Waals surface area contributed by atoms with Crippen LogP contribution in [0.5, 0.6) is 0 Å². The molecule has 1 aromatic rings. The second kappa shape index (κ2) is 4.37. The summed E-state index contributed by atoms with van der Waals surface area (Å²) in [5.41, 5.74) is 5.81. The van der Waals surface area contributed by atoms with E-state index in [2.05, 4.69) is 15.5 Å². The second-order valence-electron chi connectivity index (χ2n) is 4.97. The van der Waals surface area contributed by atoms with E-state index in [4.69, 9.17) is 10.5 Å². The Labute approximate surface area is 99.9 Å². The Bertz CT molecular complexity index is 413. The fraction of sp³-hybridized carbons (Fsp3) is 0.636. The van der Waals surface area contributed by atoms with Gasteiger partial charge in [0.05, 0.1) is 11.8 Å². The molecule has 0 spiro atoms. The first-order valence-corrected chi connectivity index (χ1v) is 5.71. The fourth-order valence-corrected chi connectivity index (χ4v) is 2.10. The Balaban J connectivity index is 1.98. The number of nitrogens with one attached hydrogen (secondary N) is 2. The highest BCUT2D eigenvalue weighted by atomic mass is 16.5. The highest BCUT2D eigenvalue weighted by molar-refractivity contribution is 5.98. The van der Waals surface area contributed by atoms with Crippen LogP contribution in [0.15, 0.2) is 6.20 Å². The molecule has 1 amide bonds. The Hall–Kier alpha value is -1.56. The molecule has 2 rings (SSSR count). The minimum absolute atomic E-state index is 0.126. The van der Waals surface area contributed by atoms with E-state index in [0.29, 0.717) is 18.0 Å². The summed E-state index contributed by atoms with van der Waals surface area (Å²) in [6.45, 7) is 4.72. The summed E-state index contributed by atoms with van der Waals surface area (Å²) in [6, 6.07) is 0.126.